The molecule has 4 rings (SSSR count). The van der Waals surface area contributed by atoms with Crippen LogP contribution in [0.25, 0.3) is 0 Å². The predicted octanol–water partition coefficient (Wildman–Crippen LogP) is 0.0733. The standard InChI is InChI=1S/C16H25N7O/c1-11-6-12(21(3)19-11)8-22-4-5-23-15(10-22)17-18-16(23)14-7-13(24)9-20(14)2/h6,13-14,24H,4-5,7-10H2,1-3H3/t13-,14+/m1/s1. The van der Waals surface area contributed by atoms with Crippen LogP contribution in [-0.4, -0.2) is 65.7 Å². The van der Waals surface area contributed by atoms with E-state index in [-0.39, 0.29) is 12.1 Å². The number of aliphatic hydroxyl groups excluding tert-OH is 1. The number of hydrogen-bond acceptors (Lipinski definition) is 6. The number of fused-ring (bicyclic) bond motifs is 1. The van der Waals surface area contributed by atoms with Gasteiger partial charge in [0.1, 0.15) is 5.82 Å². The molecule has 0 radical (unpaired) electrons. The number of β-amino-alcohol motifs (C(OH)–C–C–N with tert-alkyl or cyclic N) is 1. The molecule has 8 nitrogen and oxygen atoms in total. The van der Waals surface area contributed by atoms with Gasteiger partial charge in [0.2, 0.25) is 0 Å². The van der Waals surface area contributed by atoms with Gasteiger partial charge < -0.3 is 9.67 Å². The van der Waals surface area contributed by atoms with Crippen molar-refractivity contribution in [2.45, 2.75) is 45.1 Å². The minimum atomic E-state index is -0.263. The van der Waals surface area contributed by atoms with Crippen LogP contribution < -0.4 is 0 Å². The van der Waals surface area contributed by atoms with E-state index in [0.717, 1.165) is 49.9 Å². The average molecular weight is 331 g/mol. The van der Waals surface area contributed by atoms with E-state index in [4.69, 9.17) is 0 Å². The Morgan fingerprint density at radius 3 is 2.75 bits per heavy atom. The van der Waals surface area contributed by atoms with E-state index in [1.54, 1.807) is 0 Å². The van der Waals surface area contributed by atoms with E-state index >= 15 is 0 Å². The molecule has 2 atom stereocenters. The summed E-state index contributed by atoms with van der Waals surface area (Å²) >= 11 is 0. The van der Waals surface area contributed by atoms with Crippen molar-refractivity contribution in [2.75, 3.05) is 20.1 Å². The van der Waals surface area contributed by atoms with Crippen LogP contribution in [-0.2, 0) is 26.7 Å². The summed E-state index contributed by atoms with van der Waals surface area (Å²) in [6.45, 7) is 6.28. The molecule has 0 aliphatic carbocycles. The molecule has 0 bridgehead atoms. The summed E-state index contributed by atoms with van der Waals surface area (Å²) in [6.07, 6.45) is 0.480. The number of aliphatic hydroxyl groups is 1. The summed E-state index contributed by atoms with van der Waals surface area (Å²) in [5, 5.41) is 23.2. The van der Waals surface area contributed by atoms with Crippen LogP contribution in [0.1, 0.15) is 35.5 Å². The van der Waals surface area contributed by atoms with Crippen LogP contribution in [0.5, 0.6) is 0 Å². The summed E-state index contributed by atoms with van der Waals surface area (Å²) in [4.78, 5) is 4.56. The van der Waals surface area contributed by atoms with Crippen molar-refractivity contribution >= 4 is 0 Å². The SMILES string of the molecule is Cc1cc(CN2CCn3c(nnc3[C@@H]3C[C@@H](O)CN3C)C2)n(C)n1. The number of aromatic nitrogens is 5. The number of rotatable bonds is 3. The van der Waals surface area contributed by atoms with Gasteiger partial charge in [0.05, 0.1) is 30.1 Å². The summed E-state index contributed by atoms with van der Waals surface area (Å²) in [6, 6.07) is 2.31. The van der Waals surface area contributed by atoms with Gasteiger partial charge in [0.15, 0.2) is 5.82 Å². The maximum atomic E-state index is 9.89. The Morgan fingerprint density at radius 2 is 2.08 bits per heavy atom. The van der Waals surface area contributed by atoms with Gasteiger partial charge in [-0.2, -0.15) is 5.10 Å². The molecule has 0 saturated carbocycles. The largest absolute Gasteiger partial charge is 0.392 e. The molecule has 130 valence electrons. The predicted molar refractivity (Wildman–Crippen MR) is 88.1 cm³/mol. The molecule has 0 spiro atoms. The van der Waals surface area contributed by atoms with Gasteiger partial charge in [-0.1, -0.05) is 0 Å². The van der Waals surface area contributed by atoms with Gasteiger partial charge in [0.25, 0.3) is 0 Å². The Hall–Kier alpha value is -1.77. The van der Waals surface area contributed by atoms with E-state index in [9.17, 15) is 5.11 Å². The fraction of sp³-hybridized carbons (Fsp3) is 0.688. The number of likely N-dealkylation sites (N-methyl/N-ethyl adjacent to an activating group) is 1. The number of aryl methyl sites for hydroxylation is 2. The van der Waals surface area contributed by atoms with Crippen molar-refractivity contribution in [3.05, 3.63) is 29.1 Å². The molecular formula is C16H25N7O. The first-order chi connectivity index (χ1) is 11.5. The minimum Gasteiger partial charge on any atom is -0.392 e. The lowest BCUT2D eigenvalue weighted by molar-refractivity contribution is 0.182. The number of hydrogen-bond donors (Lipinski definition) is 1. The lowest BCUT2D eigenvalue weighted by atomic mass is 10.2. The Balaban J connectivity index is 1.50. The van der Waals surface area contributed by atoms with Crippen molar-refractivity contribution in [1.82, 2.24) is 34.3 Å². The fourth-order valence-electron chi connectivity index (χ4n) is 3.93. The Bertz CT molecular complexity index is 737. The molecule has 8 heteroatoms. The number of likely N-dealkylation sites (tertiary alicyclic amines) is 1. The first-order valence-corrected chi connectivity index (χ1v) is 8.53. The fourth-order valence-corrected chi connectivity index (χ4v) is 3.93. The topological polar surface area (TPSA) is 75.2 Å². The van der Waals surface area contributed by atoms with Crippen molar-refractivity contribution in [3.8, 4) is 0 Å². The van der Waals surface area contributed by atoms with E-state index in [0.29, 0.717) is 6.54 Å². The Kier molecular flexibility index (Phi) is 3.90. The first-order valence-electron chi connectivity index (χ1n) is 8.53. The highest BCUT2D eigenvalue weighted by molar-refractivity contribution is 5.10. The summed E-state index contributed by atoms with van der Waals surface area (Å²) in [5.74, 6) is 2.02. The molecule has 2 aliphatic heterocycles. The smallest absolute Gasteiger partial charge is 0.150 e. The van der Waals surface area contributed by atoms with Gasteiger partial charge in [-0.05, 0) is 26.5 Å². The normalized spacial score (nSPS) is 25.3. The van der Waals surface area contributed by atoms with Gasteiger partial charge in [-0.3, -0.25) is 14.5 Å². The first kappa shape index (κ1) is 15.7. The zero-order valence-electron chi connectivity index (χ0n) is 14.6. The van der Waals surface area contributed by atoms with Gasteiger partial charge in [-0.25, -0.2) is 0 Å². The second-order valence-corrected chi connectivity index (χ2v) is 7.08. The van der Waals surface area contributed by atoms with Crippen LogP contribution in [0.2, 0.25) is 0 Å². The van der Waals surface area contributed by atoms with E-state index in [2.05, 4.69) is 35.7 Å². The van der Waals surface area contributed by atoms with E-state index < -0.39 is 0 Å². The molecular weight excluding hydrogens is 306 g/mol. The van der Waals surface area contributed by atoms with Gasteiger partial charge in [0, 0.05) is 33.2 Å². The second-order valence-electron chi connectivity index (χ2n) is 7.08. The molecule has 0 amide bonds. The molecule has 1 fully saturated rings. The molecule has 2 aromatic rings. The monoisotopic (exact) mass is 331 g/mol. The molecule has 0 unspecified atom stereocenters. The van der Waals surface area contributed by atoms with Crippen LogP contribution >= 0.6 is 0 Å². The average Bonchev–Trinajstić information content (AvgIpc) is 3.17. The maximum Gasteiger partial charge on any atom is 0.150 e. The third-order valence-electron chi connectivity index (χ3n) is 5.17. The highest BCUT2D eigenvalue weighted by Gasteiger charge is 2.34. The van der Waals surface area contributed by atoms with Crippen molar-refractivity contribution in [2.24, 2.45) is 7.05 Å². The van der Waals surface area contributed by atoms with Gasteiger partial charge in [-0.15, -0.1) is 10.2 Å². The van der Waals surface area contributed by atoms with Crippen LogP contribution in [0.4, 0.5) is 0 Å². The zero-order valence-corrected chi connectivity index (χ0v) is 14.6. The molecule has 2 aliphatic rings. The van der Waals surface area contributed by atoms with E-state index in [1.807, 2.05) is 25.7 Å². The highest BCUT2D eigenvalue weighted by atomic mass is 16.3. The molecule has 4 heterocycles. The Morgan fingerprint density at radius 1 is 1.25 bits per heavy atom. The molecule has 1 saturated heterocycles. The van der Waals surface area contributed by atoms with Crippen molar-refractivity contribution in [3.63, 3.8) is 0 Å². The molecule has 0 aromatic carbocycles. The number of nitrogens with zero attached hydrogens (tertiary/aromatic N) is 7. The summed E-state index contributed by atoms with van der Waals surface area (Å²) < 4.78 is 4.19. The Labute approximate surface area is 141 Å². The van der Waals surface area contributed by atoms with Crippen LogP contribution in [0.3, 0.4) is 0 Å². The van der Waals surface area contributed by atoms with Crippen molar-refractivity contribution in [1.29, 1.82) is 0 Å². The molecule has 2 aromatic heterocycles. The maximum absolute atomic E-state index is 9.89. The van der Waals surface area contributed by atoms with E-state index in [1.165, 1.54) is 5.69 Å². The lowest BCUT2D eigenvalue weighted by Crippen LogP contribution is -2.35. The van der Waals surface area contributed by atoms with Crippen LogP contribution in [0.15, 0.2) is 6.07 Å². The quantitative estimate of drug-likeness (QED) is 0.858. The minimum absolute atomic E-state index is 0.174. The molecule has 24 heavy (non-hydrogen) atoms. The van der Waals surface area contributed by atoms with Crippen molar-refractivity contribution < 1.29 is 5.11 Å². The second kappa shape index (κ2) is 5.94. The lowest BCUT2D eigenvalue weighted by Gasteiger charge is -2.29. The van der Waals surface area contributed by atoms with Crippen LogP contribution in [0, 0.1) is 6.92 Å². The molecule has 1 N–H and O–H groups in total. The summed E-state index contributed by atoms with van der Waals surface area (Å²) in [7, 11) is 4.04. The third kappa shape index (κ3) is 2.74. The van der Waals surface area contributed by atoms with Gasteiger partial charge >= 0.3 is 0 Å². The zero-order chi connectivity index (χ0) is 16.8. The summed E-state index contributed by atoms with van der Waals surface area (Å²) in [5.41, 5.74) is 2.28. The third-order valence-corrected chi connectivity index (χ3v) is 5.17. The highest BCUT2D eigenvalue weighted by Crippen LogP contribution is 2.30.